The van der Waals surface area contributed by atoms with Gasteiger partial charge in [-0.1, -0.05) is 6.92 Å². The quantitative estimate of drug-likeness (QED) is 0.867. The minimum absolute atomic E-state index is 0.288. The predicted octanol–water partition coefficient (Wildman–Crippen LogP) is 0.681. The molecule has 21 heavy (non-hydrogen) atoms. The van der Waals surface area contributed by atoms with Gasteiger partial charge in [0.05, 0.1) is 0 Å². The molecule has 2 heterocycles. The highest BCUT2D eigenvalue weighted by Gasteiger charge is 2.32. The van der Waals surface area contributed by atoms with E-state index >= 15 is 0 Å². The average Bonchev–Trinajstić information content (AvgIpc) is 2.91. The molecule has 0 aromatic carbocycles. The second-order valence-corrected chi connectivity index (χ2v) is 7.50. The van der Waals surface area contributed by atoms with Gasteiger partial charge in [-0.15, -0.1) is 0 Å². The van der Waals surface area contributed by atoms with Crippen LogP contribution in [0.1, 0.15) is 26.0 Å². The fraction of sp³-hybridized carbons (Fsp3) is 0.714. The monoisotopic (exact) mass is 314 g/mol. The number of nitrogens with zero attached hydrogens (tertiary/aromatic N) is 3. The molecule has 0 aliphatic carbocycles. The lowest BCUT2D eigenvalue weighted by atomic mass is 10.1. The van der Waals surface area contributed by atoms with E-state index in [1.807, 2.05) is 11.5 Å². The molecule has 1 fully saturated rings. The third-order valence-corrected chi connectivity index (χ3v) is 6.19. The van der Waals surface area contributed by atoms with Crippen LogP contribution in [0.2, 0.25) is 0 Å². The van der Waals surface area contributed by atoms with Crippen LogP contribution in [-0.2, 0) is 23.1 Å². The molecule has 7 heteroatoms. The molecule has 0 saturated carbocycles. The molecule has 0 amide bonds. The summed E-state index contributed by atoms with van der Waals surface area (Å²) in [5, 5.41) is 0. The topological polar surface area (TPSA) is 71.6 Å². The smallest absolute Gasteiger partial charge is 0.244 e. The van der Waals surface area contributed by atoms with Crippen molar-refractivity contribution in [3.8, 4) is 0 Å². The Labute approximate surface area is 127 Å². The Morgan fingerprint density at radius 1 is 1.33 bits per heavy atom. The highest BCUT2D eigenvalue weighted by Crippen LogP contribution is 2.22. The number of aromatic nitrogens is 1. The van der Waals surface area contributed by atoms with Gasteiger partial charge >= 0.3 is 0 Å². The van der Waals surface area contributed by atoms with Crippen LogP contribution in [0.3, 0.4) is 0 Å². The molecule has 0 radical (unpaired) electrons. The van der Waals surface area contributed by atoms with E-state index in [-0.39, 0.29) is 6.04 Å². The fourth-order valence-corrected chi connectivity index (χ4v) is 4.39. The van der Waals surface area contributed by atoms with Crippen LogP contribution < -0.4 is 5.73 Å². The molecule has 6 nitrogen and oxygen atoms in total. The van der Waals surface area contributed by atoms with Crippen LogP contribution in [0.15, 0.2) is 17.2 Å². The first-order valence-corrected chi connectivity index (χ1v) is 8.97. The number of rotatable bonds is 5. The van der Waals surface area contributed by atoms with Crippen molar-refractivity contribution in [2.45, 2.75) is 44.3 Å². The largest absolute Gasteiger partial charge is 0.349 e. The fourth-order valence-electron chi connectivity index (χ4n) is 2.86. The Morgan fingerprint density at radius 3 is 2.57 bits per heavy atom. The van der Waals surface area contributed by atoms with Crippen LogP contribution in [0, 0.1) is 0 Å². The van der Waals surface area contributed by atoms with Gasteiger partial charge in [0, 0.05) is 50.7 Å². The molecule has 2 N–H and O–H groups in total. The van der Waals surface area contributed by atoms with E-state index in [1.165, 1.54) is 0 Å². The van der Waals surface area contributed by atoms with Crippen molar-refractivity contribution in [1.82, 2.24) is 13.8 Å². The maximum Gasteiger partial charge on any atom is 0.244 e. The van der Waals surface area contributed by atoms with Crippen LogP contribution in [0.5, 0.6) is 0 Å². The summed E-state index contributed by atoms with van der Waals surface area (Å²) in [5.74, 6) is 0. The summed E-state index contributed by atoms with van der Waals surface area (Å²) >= 11 is 0. The maximum absolute atomic E-state index is 12.8. The highest BCUT2D eigenvalue weighted by molar-refractivity contribution is 7.89. The maximum atomic E-state index is 12.8. The zero-order chi connectivity index (χ0) is 15.6. The van der Waals surface area contributed by atoms with Crippen LogP contribution in [0.25, 0.3) is 0 Å². The third-order valence-electron chi connectivity index (χ3n) is 4.36. The Bertz CT molecular complexity index is 560. The summed E-state index contributed by atoms with van der Waals surface area (Å²) in [6.07, 6.45) is 2.66. The Hall–Kier alpha value is -0.890. The average molecular weight is 314 g/mol. The zero-order valence-corrected chi connectivity index (χ0v) is 13.9. The highest BCUT2D eigenvalue weighted by atomic mass is 32.2. The van der Waals surface area contributed by atoms with Crippen molar-refractivity contribution in [1.29, 1.82) is 0 Å². The summed E-state index contributed by atoms with van der Waals surface area (Å²) in [7, 11) is -1.37. The molecule has 2 rings (SSSR count). The van der Waals surface area contributed by atoms with Gasteiger partial charge in [0.25, 0.3) is 0 Å². The van der Waals surface area contributed by atoms with Gasteiger partial charge in [0.15, 0.2) is 0 Å². The number of hydrogen-bond acceptors (Lipinski definition) is 4. The zero-order valence-electron chi connectivity index (χ0n) is 13.1. The second kappa shape index (κ2) is 6.48. The SMILES string of the molecule is CCC1CN(S(=O)(=O)c2cc(CN)n(CC)c2)CCN1C. The standard InChI is InChI=1S/C14H26N4O2S/c1-4-12-10-18(7-6-16(12)3)21(19,20)14-8-13(9-15)17(5-2)11-14/h8,11-12H,4-7,9-10,15H2,1-3H3. The summed E-state index contributed by atoms with van der Waals surface area (Å²) in [6, 6.07) is 1.99. The molecule has 120 valence electrons. The minimum atomic E-state index is -3.42. The van der Waals surface area contributed by atoms with E-state index in [9.17, 15) is 8.42 Å². The van der Waals surface area contributed by atoms with Crippen molar-refractivity contribution in [2.24, 2.45) is 5.73 Å². The molecule has 1 aromatic heterocycles. The van der Waals surface area contributed by atoms with Crippen molar-refractivity contribution < 1.29 is 8.42 Å². The minimum Gasteiger partial charge on any atom is -0.349 e. The molecular weight excluding hydrogens is 288 g/mol. The van der Waals surface area contributed by atoms with Gasteiger partial charge in [-0.2, -0.15) is 4.31 Å². The first-order chi connectivity index (χ1) is 9.93. The van der Waals surface area contributed by atoms with E-state index in [0.717, 1.165) is 25.2 Å². The van der Waals surface area contributed by atoms with E-state index in [1.54, 1.807) is 16.6 Å². The van der Waals surface area contributed by atoms with E-state index < -0.39 is 10.0 Å². The van der Waals surface area contributed by atoms with Crippen molar-refractivity contribution in [2.75, 3.05) is 26.7 Å². The summed E-state index contributed by atoms with van der Waals surface area (Å²) in [4.78, 5) is 2.60. The molecule has 1 aromatic rings. The third kappa shape index (κ3) is 3.15. The van der Waals surface area contributed by atoms with Crippen molar-refractivity contribution in [3.05, 3.63) is 18.0 Å². The Kier molecular flexibility index (Phi) is 5.08. The van der Waals surface area contributed by atoms with Crippen LogP contribution in [-0.4, -0.2) is 54.9 Å². The Balaban J connectivity index is 2.27. The number of aryl methyl sites for hydroxylation is 1. The number of nitrogens with two attached hydrogens (primary N) is 1. The van der Waals surface area contributed by atoms with E-state index in [4.69, 9.17) is 5.73 Å². The van der Waals surface area contributed by atoms with Gasteiger partial charge in [-0.3, -0.25) is 0 Å². The first kappa shape index (κ1) is 16.5. The predicted molar refractivity (Wildman–Crippen MR) is 83.5 cm³/mol. The first-order valence-electron chi connectivity index (χ1n) is 7.53. The Morgan fingerprint density at radius 2 is 2.05 bits per heavy atom. The summed E-state index contributed by atoms with van der Waals surface area (Å²) in [5.41, 5.74) is 6.55. The van der Waals surface area contributed by atoms with Crippen molar-refractivity contribution in [3.63, 3.8) is 0 Å². The molecule has 1 aliphatic heterocycles. The van der Waals surface area contributed by atoms with Gasteiger partial charge in [0.2, 0.25) is 10.0 Å². The lowest BCUT2D eigenvalue weighted by Gasteiger charge is -2.38. The van der Waals surface area contributed by atoms with Crippen LogP contribution >= 0.6 is 0 Å². The normalized spacial score (nSPS) is 21.8. The lowest BCUT2D eigenvalue weighted by Crippen LogP contribution is -2.52. The molecule has 1 atom stereocenters. The summed E-state index contributed by atoms with van der Waals surface area (Å²) < 4.78 is 29.1. The van der Waals surface area contributed by atoms with Gasteiger partial charge in [-0.05, 0) is 26.5 Å². The number of sulfonamides is 1. The molecule has 0 bridgehead atoms. The van der Waals surface area contributed by atoms with Gasteiger partial charge < -0.3 is 15.2 Å². The molecule has 1 saturated heterocycles. The van der Waals surface area contributed by atoms with Gasteiger partial charge in [0.1, 0.15) is 4.90 Å². The number of piperazine rings is 1. The second-order valence-electron chi connectivity index (χ2n) is 5.56. The molecule has 0 spiro atoms. The molecular formula is C14H26N4O2S. The van der Waals surface area contributed by atoms with Crippen LogP contribution in [0.4, 0.5) is 0 Å². The number of likely N-dealkylation sites (N-methyl/N-ethyl adjacent to an activating group) is 1. The van der Waals surface area contributed by atoms with Gasteiger partial charge in [-0.25, -0.2) is 8.42 Å². The van der Waals surface area contributed by atoms with E-state index in [2.05, 4.69) is 18.9 Å². The van der Waals surface area contributed by atoms with Crippen molar-refractivity contribution >= 4 is 10.0 Å². The van der Waals surface area contributed by atoms with E-state index in [0.29, 0.717) is 24.5 Å². The summed E-state index contributed by atoms with van der Waals surface area (Å²) in [6.45, 7) is 7.03. The molecule has 1 unspecified atom stereocenters. The molecule has 1 aliphatic rings. The number of hydrogen-bond donors (Lipinski definition) is 1. The lowest BCUT2D eigenvalue weighted by molar-refractivity contribution is 0.144.